The van der Waals surface area contributed by atoms with Crippen molar-refractivity contribution in [3.05, 3.63) is 0 Å². The second kappa shape index (κ2) is 4.24. The summed E-state index contributed by atoms with van der Waals surface area (Å²) in [5.41, 5.74) is 0.262. The maximum Gasteiger partial charge on any atom is 0.0469 e. The molecule has 1 aliphatic rings. The van der Waals surface area contributed by atoms with Crippen LogP contribution in [0.15, 0.2) is 0 Å². The molecular formula is C10H21NO. The van der Waals surface area contributed by atoms with E-state index in [0.717, 1.165) is 25.7 Å². The highest BCUT2D eigenvalue weighted by Gasteiger charge is 2.16. The van der Waals surface area contributed by atoms with E-state index < -0.39 is 0 Å². The van der Waals surface area contributed by atoms with E-state index >= 15 is 0 Å². The van der Waals surface area contributed by atoms with Crippen LogP contribution in [0.3, 0.4) is 0 Å². The van der Waals surface area contributed by atoms with Crippen LogP contribution in [0.1, 0.15) is 33.6 Å². The molecule has 0 aromatic heterocycles. The monoisotopic (exact) mass is 171 g/mol. The van der Waals surface area contributed by atoms with Crippen molar-refractivity contribution < 1.29 is 4.74 Å². The van der Waals surface area contributed by atoms with E-state index in [1.54, 1.807) is 0 Å². The van der Waals surface area contributed by atoms with Crippen LogP contribution >= 0.6 is 0 Å². The van der Waals surface area contributed by atoms with Gasteiger partial charge in [0.2, 0.25) is 0 Å². The van der Waals surface area contributed by atoms with Gasteiger partial charge in [0.25, 0.3) is 0 Å². The number of hydrogen-bond donors (Lipinski definition) is 1. The van der Waals surface area contributed by atoms with E-state index in [2.05, 4.69) is 26.1 Å². The number of hydrogen-bond acceptors (Lipinski definition) is 2. The van der Waals surface area contributed by atoms with Gasteiger partial charge >= 0.3 is 0 Å². The van der Waals surface area contributed by atoms with Gasteiger partial charge in [-0.15, -0.1) is 0 Å². The average molecular weight is 171 g/mol. The molecule has 0 aromatic carbocycles. The predicted molar refractivity (Wildman–Crippen MR) is 51.3 cm³/mol. The van der Waals surface area contributed by atoms with Crippen LogP contribution in [0.5, 0.6) is 0 Å². The van der Waals surface area contributed by atoms with Crippen LogP contribution < -0.4 is 5.32 Å². The number of ether oxygens (including phenoxy) is 1. The molecule has 1 heterocycles. The Kier molecular flexibility index (Phi) is 3.53. The molecule has 0 atom stereocenters. The lowest BCUT2D eigenvalue weighted by Gasteiger charge is -2.27. The van der Waals surface area contributed by atoms with Crippen molar-refractivity contribution in [2.24, 2.45) is 5.92 Å². The molecule has 0 saturated carbocycles. The van der Waals surface area contributed by atoms with Crippen molar-refractivity contribution >= 4 is 0 Å². The molecule has 2 nitrogen and oxygen atoms in total. The average Bonchev–Trinajstić information content (AvgIpc) is 2.02. The van der Waals surface area contributed by atoms with E-state index in [-0.39, 0.29) is 5.54 Å². The van der Waals surface area contributed by atoms with Crippen molar-refractivity contribution in [1.29, 1.82) is 0 Å². The van der Waals surface area contributed by atoms with Crippen LogP contribution in [0, 0.1) is 5.92 Å². The highest BCUT2D eigenvalue weighted by molar-refractivity contribution is 4.74. The molecule has 1 rings (SSSR count). The second-order valence-corrected chi connectivity index (χ2v) is 4.69. The van der Waals surface area contributed by atoms with Gasteiger partial charge in [0.05, 0.1) is 0 Å². The Morgan fingerprint density at radius 2 is 1.83 bits per heavy atom. The molecule has 0 unspecified atom stereocenters. The molecule has 0 radical (unpaired) electrons. The molecule has 12 heavy (non-hydrogen) atoms. The SMILES string of the molecule is CC(C)(C)NCC1CCOCC1. The zero-order valence-electron chi connectivity index (χ0n) is 8.52. The zero-order valence-corrected chi connectivity index (χ0v) is 8.52. The molecule has 0 amide bonds. The second-order valence-electron chi connectivity index (χ2n) is 4.69. The Morgan fingerprint density at radius 1 is 1.25 bits per heavy atom. The molecule has 0 aromatic rings. The van der Waals surface area contributed by atoms with E-state index in [1.807, 2.05) is 0 Å². The first kappa shape index (κ1) is 10.0. The molecular weight excluding hydrogens is 150 g/mol. The van der Waals surface area contributed by atoms with Gasteiger partial charge in [-0.25, -0.2) is 0 Å². The summed E-state index contributed by atoms with van der Waals surface area (Å²) in [6.07, 6.45) is 2.45. The fourth-order valence-electron chi connectivity index (χ4n) is 1.40. The lowest BCUT2D eigenvalue weighted by atomic mass is 9.98. The Bertz CT molecular complexity index is 122. The summed E-state index contributed by atoms with van der Waals surface area (Å²) in [6, 6.07) is 0. The summed E-state index contributed by atoms with van der Waals surface area (Å²) >= 11 is 0. The first-order valence-corrected chi connectivity index (χ1v) is 4.91. The first-order chi connectivity index (χ1) is 5.58. The van der Waals surface area contributed by atoms with Crippen molar-refractivity contribution in [1.82, 2.24) is 5.32 Å². The third-order valence-corrected chi connectivity index (χ3v) is 2.26. The largest absolute Gasteiger partial charge is 0.381 e. The molecule has 1 N–H and O–H groups in total. The number of nitrogens with one attached hydrogen (secondary N) is 1. The molecule has 0 spiro atoms. The van der Waals surface area contributed by atoms with Crippen LogP contribution in [0.25, 0.3) is 0 Å². The van der Waals surface area contributed by atoms with Gasteiger partial charge in [-0.05, 0) is 46.1 Å². The fraction of sp³-hybridized carbons (Fsp3) is 1.00. The fourth-order valence-corrected chi connectivity index (χ4v) is 1.40. The Balaban J connectivity index is 2.13. The first-order valence-electron chi connectivity index (χ1n) is 4.91. The van der Waals surface area contributed by atoms with E-state index in [4.69, 9.17) is 4.74 Å². The van der Waals surface area contributed by atoms with Crippen LogP contribution in [0.4, 0.5) is 0 Å². The minimum absolute atomic E-state index is 0.262. The van der Waals surface area contributed by atoms with Gasteiger partial charge in [0.1, 0.15) is 0 Å². The zero-order chi connectivity index (χ0) is 9.03. The highest BCUT2D eigenvalue weighted by Crippen LogP contribution is 2.14. The molecule has 2 heteroatoms. The van der Waals surface area contributed by atoms with E-state index in [1.165, 1.54) is 12.8 Å². The van der Waals surface area contributed by atoms with Gasteiger partial charge < -0.3 is 10.1 Å². The minimum atomic E-state index is 0.262. The lowest BCUT2D eigenvalue weighted by Crippen LogP contribution is -2.40. The highest BCUT2D eigenvalue weighted by atomic mass is 16.5. The standard InChI is InChI=1S/C10H21NO/c1-10(2,3)11-8-9-4-6-12-7-5-9/h9,11H,4-8H2,1-3H3. The van der Waals surface area contributed by atoms with Crippen LogP contribution in [-0.4, -0.2) is 25.3 Å². The van der Waals surface area contributed by atoms with Crippen molar-refractivity contribution in [3.8, 4) is 0 Å². The van der Waals surface area contributed by atoms with Crippen molar-refractivity contribution in [3.63, 3.8) is 0 Å². The minimum Gasteiger partial charge on any atom is -0.381 e. The lowest BCUT2D eigenvalue weighted by molar-refractivity contribution is 0.0644. The van der Waals surface area contributed by atoms with Crippen molar-refractivity contribution in [2.75, 3.05) is 19.8 Å². The molecule has 1 saturated heterocycles. The van der Waals surface area contributed by atoms with Gasteiger partial charge in [-0.3, -0.25) is 0 Å². The Hall–Kier alpha value is -0.0800. The Morgan fingerprint density at radius 3 is 2.33 bits per heavy atom. The van der Waals surface area contributed by atoms with Gasteiger partial charge in [0.15, 0.2) is 0 Å². The summed E-state index contributed by atoms with van der Waals surface area (Å²) in [5, 5.41) is 3.54. The summed E-state index contributed by atoms with van der Waals surface area (Å²) < 4.78 is 5.30. The maximum atomic E-state index is 5.30. The molecule has 0 bridgehead atoms. The van der Waals surface area contributed by atoms with Gasteiger partial charge in [-0.2, -0.15) is 0 Å². The van der Waals surface area contributed by atoms with Gasteiger partial charge in [-0.1, -0.05) is 0 Å². The topological polar surface area (TPSA) is 21.3 Å². The summed E-state index contributed by atoms with van der Waals surface area (Å²) in [5.74, 6) is 0.831. The molecule has 1 aliphatic heterocycles. The molecule has 72 valence electrons. The summed E-state index contributed by atoms with van der Waals surface area (Å²) in [7, 11) is 0. The van der Waals surface area contributed by atoms with Crippen LogP contribution in [-0.2, 0) is 4.74 Å². The van der Waals surface area contributed by atoms with E-state index in [0.29, 0.717) is 0 Å². The van der Waals surface area contributed by atoms with Gasteiger partial charge in [0, 0.05) is 18.8 Å². The third kappa shape index (κ3) is 4.07. The summed E-state index contributed by atoms with van der Waals surface area (Å²) in [6.45, 7) is 9.70. The summed E-state index contributed by atoms with van der Waals surface area (Å²) in [4.78, 5) is 0. The predicted octanol–water partition coefficient (Wildman–Crippen LogP) is 1.80. The van der Waals surface area contributed by atoms with E-state index in [9.17, 15) is 0 Å². The normalized spacial score (nSPS) is 21.2. The van der Waals surface area contributed by atoms with Crippen molar-refractivity contribution in [2.45, 2.75) is 39.2 Å². The number of rotatable bonds is 2. The molecule has 1 fully saturated rings. The molecule has 0 aliphatic carbocycles. The quantitative estimate of drug-likeness (QED) is 0.684. The van der Waals surface area contributed by atoms with Crippen LogP contribution in [0.2, 0.25) is 0 Å². The third-order valence-electron chi connectivity index (χ3n) is 2.26. The smallest absolute Gasteiger partial charge is 0.0469 e. The maximum absolute atomic E-state index is 5.30. The Labute approximate surface area is 75.7 Å².